The molecule has 40 heavy (non-hydrogen) atoms. The number of sulfonamides is 1. The summed E-state index contributed by atoms with van der Waals surface area (Å²) < 4.78 is 36.8. The molecule has 5 aromatic rings. The van der Waals surface area contributed by atoms with Gasteiger partial charge in [0.1, 0.15) is 11.4 Å². The quantitative estimate of drug-likeness (QED) is 0.296. The maximum atomic E-state index is 12.0. The van der Waals surface area contributed by atoms with E-state index in [1.807, 2.05) is 78.9 Å². The van der Waals surface area contributed by atoms with Crippen LogP contribution in [0.3, 0.4) is 0 Å². The number of methoxy groups -OCH3 is 2. The van der Waals surface area contributed by atoms with E-state index in [0.29, 0.717) is 17.3 Å². The molecule has 11 heteroatoms. The Morgan fingerprint density at radius 3 is 2.35 bits per heavy atom. The Kier molecular flexibility index (Phi) is 6.34. The van der Waals surface area contributed by atoms with Gasteiger partial charge >= 0.3 is 0 Å². The summed E-state index contributed by atoms with van der Waals surface area (Å²) in [6.45, 7) is 0. The minimum Gasteiger partial charge on any atom is -0.497 e. The fourth-order valence-electron chi connectivity index (χ4n) is 4.91. The number of ether oxygens (including phenoxy) is 2. The van der Waals surface area contributed by atoms with Gasteiger partial charge < -0.3 is 14.8 Å². The molecule has 1 atom stereocenters. The zero-order valence-corrected chi connectivity index (χ0v) is 22.6. The van der Waals surface area contributed by atoms with Gasteiger partial charge in [-0.1, -0.05) is 42.5 Å². The minimum absolute atomic E-state index is 0.107. The van der Waals surface area contributed by atoms with Gasteiger partial charge in [-0.2, -0.15) is 4.52 Å². The molecule has 0 saturated heterocycles. The summed E-state index contributed by atoms with van der Waals surface area (Å²) in [5.74, 6) is 1.98. The number of fused-ring (bicyclic) bond motifs is 3. The minimum atomic E-state index is -3.83. The summed E-state index contributed by atoms with van der Waals surface area (Å²) in [6.07, 6.45) is 5.10. The molecule has 2 heterocycles. The van der Waals surface area contributed by atoms with Crippen molar-refractivity contribution in [1.29, 1.82) is 0 Å². The smallest absolute Gasteiger partial charge is 0.234 e. The van der Waals surface area contributed by atoms with E-state index in [1.165, 1.54) is 6.08 Å². The zero-order valence-electron chi connectivity index (χ0n) is 21.8. The lowest BCUT2D eigenvalue weighted by Gasteiger charge is -2.32. The standard InChI is InChI=1S/C29H26N6O4S/c1-38-22-15-9-19(10-16-22)27-32-33-28-25-8-4-3-7-24(25)26(34-35(27)28)31-21-13-11-20(12-14-21)29(39-2)17-5-6-23(18-29)40(30,36)37/h3-17H,18H2,1-2H3,(H,31,34)(H2,30,36,37). The predicted octanol–water partition coefficient (Wildman–Crippen LogP) is 4.67. The van der Waals surface area contributed by atoms with E-state index >= 15 is 0 Å². The average Bonchev–Trinajstić information content (AvgIpc) is 3.41. The second-order valence-electron chi connectivity index (χ2n) is 9.39. The molecule has 0 amide bonds. The number of nitrogens with one attached hydrogen (secondary N) is 1. The fourth-order valence-corrected chi connectivity index (χ4v) is 5.59. The molecule has 0 fully saturated rings. The molecule has 2 aromatic heterocycles. The second kappa shape index (κ2) is 9.87. The van der Waals surface area contributed by atoms with Gasteiger partial charge in [-0.15, -0.1) is 15.3 Å². The van der Waals surface area contributed by atoms with Crippen LogP contribution < -0.4 is 15.2 Å². The highest BCUT2D eigenvalue weighted by atomic mass is 32.2. The Hall–Kier alpha value is -4.58. The van der Waals surface area contributed by atoms with Crippen LogP contribution in [0.2, 0.25) is 0 Å². The summed E-state index contributed by atoms with van der Waals surface area (Å²) in [5, 5.41) is 24.3. The van der Waals surface area contributed by atoms with Crippen molar-refractivity contribution >= 4 is 37.9 Å². The highest BCUT2D eigenvalue weighted by Gasteiger charge is 2.35. The van der Waals surface area contributed by atoms with Crippen molar-refractivity contribution < 1.29 is 17.9 Å². The van der Waals surface area contributed by atoms with Crippen molar-refractivity contribution in [1.82, 2.24) is 19.8 Å². The van der Waals surface area contributed by atoms with Crippen molar-refractivity contribution in [2.45, 2.75) is 12.0 Å². The molecule has 202 valence electrons. The van der Waals surface area contributed by atoms with Crippen molar-refractivity contribution in [3.63, 3.8) is 0 Å². The van der Waals surface area contributed by atoms with Gasteiger partial charge in [-0.25, -0.2) is 13.6 Å². The number of nitrogens with zero attached hydrogens (tertiary/aromatic N) is 4. The van der Waals surface area contributed by atoms with E-state index in [1.54, 1.807) is 24.8 Å². The van der Waals surface area contributed by atoms with Gasteiger partial charge in [-0.3, -0.25) is 0 Å². The van der Waals surface area contributed by atoms with Crippen LogP contribution >= 0.6 is 0 Å². The lowest BCUT2D eigenvalue weighted by atomic mass is 9.87. The van der Waals surface area contributed by atoms with Crippen LogP contribution in [0.25, 0.3) is 27.8 Å². The first-order valence-electron chi connectivity index (χ1n) is 12.4. The number of nitrogens with two attached hydrogens (primary N) is 1. The van der Waals surface area contributed by atoms with E-state index in [4.69, 9.17) is 19.7 Å². The monoisotopic (exact) mass is 554 g/mol. The number of hydrogen-bond donors (Lipinski definition) is 2. The number of anilines is 2. The third-order valence-corrected chi connectivity index (χ3v) is 8.07. The molecule has 0 saturated carbocycles. The van der Waals surface area contributed by atoms with Crippen molar-refractivity contribution in [3.05, 3.63) is 101 Å². The van der Waals surface area contributed by atoms with Crippen LogP contribution in [-0.2, 0) is 20.4 Å². The summed E-state index contributed by atoms with van der Waals surface area (Å²) >= 11 is 0. The summed E-state index contributed by atoms with van der Waals surface area (Å²) in [7, 11) is -0.661. The Balaban J connectivity index is 1.37. The molecule has 0 spiro atoms. The number of allylic oxidation sites excluding steroid dienone is 2. The number of hydrogen-bond acceptors (Lipinski definition) is 8. The Labute approximate surface area is 230 Å². The molecule has 0 aliphatic heterocycles. The van der Waals surface area contributed by atoms with Crippen molar-refractivity contribution in [2.24, 2.45) is 5.14 Å². The van der Waals surface area contributed by atoms with Crippen molar-refractivity contribution in [3.8, 4) is 17.1 Å². The predicted molar refractivity (Wildman–Crippen MR) is 154 cm³/mol. The molecular weight excluding hydrogens is 528 g/mol. The van der Waals surface area contributed by atoms with Crippen LogP contribution in [0.4, 0.5) is 11.5 Å². The molecule has 6 rings (SSSR count). The summed E-state index contributed by atoms with van der Waals surface area (Å²) in [4.78, 5) is 0.115. The average molecular weight is 555 g/mol. The summed E-state index contributed by atoms with van der Waals surface area (Å²) in [5.41, 5.74) is 2.12. The summed E-state index contributed by atoms with van der Waals surface area (Å²) in [6, 6.07) is 23.0. The third-order valence-electron chi connectivity index (χ3n) is 7.06. The van der Waals surface area contributed by atoms with Gasteiger partial charge in [0.2, 0.25) is 10.0 Å². The molecule has 1 aliphatic rings. The molecule has 1 unspecified atom stereocenters. The number of aromatic nitrogens is 4. The number of benzene rings is 3. The molecular formula is C29H26N6O4S. The Bertz CT molecular complexity index is 1900. The first kappa shape index (κ1) is 25.7. The van der Waals surface area contributed by atoms with Crippen LogP contribution in [0, 0.1) is 0 Å². The fraction of sp³-hybridized carbons (Fsp3) is 0.138. The van der Waals surface area contributed by atoms with E-state index in [-0.39, 0.29) is 11.3 Å². The van der Waals surface area contributed by atoms with Gasteiger partial charge in [0, 0.05) is 35.6 Å². The van der Waals surface area contributed by atoms with Crippen LogP contribution in [0.15, 0.2) is 95.9 Å². The SMILES string of the molecule is COc1ccc(-c2nnc3c4ccccc4c(Nc4ccc(C5(OC)C=CC=C(S(N)(=O)=O)C5)cc4)nn23)cc1. The van der Waals surface area contributed by atoms with Crippen molar-refractivity contribution in [2.75, 3.05) is 19.5 Å². The van der Waals surface area contributed by atoms with Crippen LogP contribution in [0.1, 0.15) is 12.0 Å². The number of primary sulfonamides is 1. The Morgan fingerprint density at radius 1 is 0.950 bits per heavy atom. The molecule has 10 nitrogen and oxygen atoms in total. The lowest BCUT2D eigenvalue weighted by molar-refractivity contribution is 0.0297. The Morgan fingerprint density at radius 2 is 1.68 bits per heavy atom. The number of rotatable bonds is 7. The van der Waals surface area contributed by atoms with Crippen LogP contribution in [-0.4, -0.2) is 42.4 Å². The molecule has 0 radical (unpaired) electrons. The molecule has 0 bridgehead atoms. The van der Waals surface area contributed by atoms with Gasteiger partial charge in [0.25, 0.3) is 0 Å². The van der Waals surface area contributed by atoms with E-state index < -0.39 is 15.6 Å². The van der Waals surface area contributed by atoms with Gasteiger partial charge in [0.05, 0.1) is 12.0 Å². The van der Waals surface area contributed by atoms with Crippen LogP contribution in [0.5, 0.6) is 5.75 Å². The van der Waals surface area contributed by atoms with E-state index in [0.717, 1.165) is 33.3 Å². The van der Waals surface area contributed by atoms with E-state index in [2.05, 4.69) is 15.5 Å². The first-order valence-corrected chi connectivity index (χ1v) is 14.0. The van der Waals surface area contributed by atoms with Gasteiger partial charge in [0.15, 0.2) is 17.3 Å². The third kappa shape index (κ3) is 4.49. The molecule has 1 aliphatic carbocycles. The topological polar surface area (TPSA) is 134 Å². The molecule has 3 aromatic carbocycles. The lowest BCUT2D eigenvalue weighted by Crippen LogP contribution is -2.31. The largest absolute Gasteiger partial charge is 0.497 e. The zero-order chi connectivity index (χ0) is 27.9. The maximum absolute atomic E-state index is 12.0. The highest BCUT2D eigenvalue weighted by Crippen LogP contribution is 2.38. The highest BCUT2D eigenvalue weighted by molar-refractivity contribution is 7.93. The second-order valence-corrected chi connectivity index (χ2v) is 11.0. The van der Waals surface area contributed by atoms with Gasteiger partial charge in [-0.05, 0) is 54.1 Å². The van der Waals surface area contributed by atoms with E-state index in [9.17, 15) is 8.42 Å². The molecule has 3 N–H and O–H groups in total. The maximum Gasteiger partial charge on any atom is 0.234 e. The first-order chi connectivity index (χ1) is 19.3. The normalized spacial score (nSPS) is 17.2.